The lowest BCUT2D eigenvalue weighted by atomic mass is 10.2. The van der Waals surface area contributed by atoms with Crippen molar-refractivity contribution >= 4 is 50.7 Å². The Morgan fingerprint density at radius 1 is 1.19 bits per heavy atom. The van der Waals surface area contributed by atoms with Crippen LogP contribution in [0, 0.1) is 0 Å². The monoisotopic (exact) mass is 453 g/mol. The summed E-state index contributed by atoms with van der Waals surface area (Å²) in [6, 6.07) is 11.8. The van der Waals surface area contributed by atoms with Crippen LogP contribution in [0.5, 0.6) is 5.75 Å². The van der Waals surface area contributed by atoms with E-state index in [-0.39, 0.29) is 18.4 Å². The first-order chi connectivity index (χ1) is 12.8. The number of benzene rings is 2. The van der Waals surface area contributed by atoms with Crippen LogP contribution < -0.4 is 15.4 Å². The van der Waals surface area contributed by atoms with Crippen molar-refractivity contribution in [3.05, 3.63) is 52.0 Å². The van der Waals surface area contributed by atoms with Gasteiger partial charge < -0.3 is 15.4 Å². The molecule has 2 N–H and O–H groups in total. The first-order valence-corrected chi connectivity index (χ1v) is 9.38. The van der Waals surface area contributed by atoms with Crippen molar-refractivity contribution in [2.75, 3.05) is 31.3 Å². The number of nitrogens with one attached hydrogen (secondary N) is 2. The molecule has 0 unspecified atom stereocenters. The third-order valence-electron chi connectivity index (χ3n) is 4.00. The summed E-state index contributed by atoms with van der Waals surface area (Å²) in [5.41, 5.74) is 1.16. The maximum atomic E-state index is 12.5. The van der Waals surface area contributed by atoms with Crippen LogP contribution in [0.1, 0.15) is 6.92 Å². The standard InChI is InChI=1S/C19H21BrClN3O3/c1-12(19(26)23-16-10-13(21)8-9-17(16)27-3)24(2)11-18(25)22-15-7-5-4-6-14(15)20/h4-10,12H,11H2,1-3H3,(H,22,25)(H,23,26)/t12-/m0/s1. The van der Waals surface area contributed by atoms with Crippen LogP contribution >= 0.6 is 27.5 Å². The van der Waals surface area contributed by atoms with Gasteiger partial charge in [0, 0.05) is 9.50 Å². The molecule has 144 valence electrons. The highest BCUT2D eigenvalue weighted by molar-refractivity contribution is 9.10. The van der Waals surface area contributed by atoms with Crippen molar-refractivity contribution in [3.8, 4) is 5.75 Å². The normalized spacial score (nSPS) is 11.8. The topological polar surface area (TPSA) is 70.7 Å². The first kappa shape index (κ1) is 21.2. The number of rotatable bonds is 7. The smallest absolute Gasteiger partial charge is 0.241 e. The molecule has 0 bridgehead atoms. The Kier molecular flexibility index (Phi) is 7.65. The van der Waals surface area contributed by atoms with Crippen molar-refractivity contribution in [2.24, 2.45) is 0 Å². The van der Waals surface area contributed by atoms with E-state index in [9.17, 15) is 9.59 Å². The van der Waals surface area contributed by atoms with Crippen LogP contribution in [0.25, 0.3) is 0 Å². The van der Waals surface area contributed by atoms with Crippen LogP contribution in [-0.4, -0.2) is 43.5 Å². The number of likely N-dealkylation sites (N-methyl/N-ethyl adjacent to an activating group) is 1. The van der Waals surface area contributed by atoms with E-state index < -0.39 is 6.04 Å². The summed E-state index contributed by atoms with van der Waals surface area (Å²) in [6.45, 7) is 1.78. The maximum absolute atomic E-state index is 12.5. The second-order valence-corrected chi connectivity index (χ2v) is 7.24. The average Bonchev–Trinajstić information content (AvgIpc) is 2.63. The molecule has 8 heteroatoms. The number of ether oxygens (including phenoxy) is 1. The van der Waals surface area contributed by atoms with E-state index in [1.165, 1.54) is 7.11 Å². The van der Waals surface area contributed by atoms with Crippen molar-refractivity contribution < 1.29 is 14.3 Å². The molecule has 27 heavy (non-hydrogen) atoms. The van der Waals surface area contributed by atoms with E-state index in [0.29, 0.717) is 22.1 Å². The van der Waals surface area contributed by atoms with Gasteiger partial charge in [0.25, 0.3) is 0 Å². The fourth-order valence-corrected chi connectivity index (χ4v) is 2.89. The second kappa shape index (κ2) is 9.73. The molecular weight excluding hydrogens is 434 g/mol. The highest BCUT2D eigenvalue weighted by Crippen LogP contribution is 2.28. The van der Waals surface area contributed by atoms with Gasteiger partial charge in [-0.3, -0.25) is 14.5 Å². The van der Waals surface area contributed by atoms with Gasteiger partial charge in [-0.1, -0.05) is 23.7 Å². The second-order valence-electron chi connectivity index (χ2n) is 5.95. The minimum absolute atomic E-state index is 0.0581. The molecule has 2 rings (SSSR count). The summed E-state index contributed by atoms with van der Waals surface area (Å²) in [5, 5.41) is 6.09. The van der Waals surface area contributed by atoms with E-state index in [4.69, 9.17) is 16.3 Å². The molecular formula is C19H21BrClN3O3. The third kappa shape index (κ3) is 5.95. The molecule has 0 aliphatic carbocycles. The molecule has 2 aromatic carbocycles. The number of amides is 2. The molecule has 0 spiro atoms. The molecule has 0 radical (unpaired) electrons. The van der Waals surface area contributed by atoms with Gasteiger partial charge in [-0.2, -0.15) is 0 Å². The number of carbonyl (C=O) groups excluding carboxylic acids is 2. The predicted octanol–water partition coefficient (Wildman–Crippen LogP) is 4.01. The van der Waals surface area contributed by atoms with E-state index in [1.54, 1.807) is 43.1 Å². The zero-order valence-corrected chi connectivity index (χ0v) is 17.6. The Morgan fingerprint density at radius 2 is 1.89 bits per heavy atom. The Balaban J connectivity index is 1.97. The molecule has 2 amide bonds. The maximum Gasteiger partial charge on any atom is 0.241 e. The summed E-state index contributed by atoms with van der Waals surface area (Å²) in [5.74, 6) is 0.0189. The number of hydrogen-bond donors (Lipinski definition) is 2. The van der Waals surface area contributed by atoms with Crippen LogP contribution in [0.2, 0.25) is 5.02 Å². The number of carbonyl (C=O) groups is 2. The van der Waals surface area contributed by atoms with Gasteiger partial charge in [-0.25, -0.2) is 0 Å². The first-order valence-electron chi connectivity index (χ1n) is 8.21. The Morgan fingerprint density at radius 3 is 2.56 bits per heavy atom. The molecule has 2 aromatic rings. The van der Waals surface area contributed by atoms with E-state index in [1.807, 2.05) is 18.2 Å². The Bertz CT molecular complexity index is 832. The van der Waals surface area contributed by atoms with Crippen molar-refractivity contribution in [1.29, 1.82) is 0 Å². The minimum Gasteiger partial charge on any atom is -0.495 e. The van der Waals surface area contributed by atoms with Gasteiger partial charge in [0.1, 0.15) is 5.75 Å². The van der Waals surface area contributed by atoms with Crippen LogP contribution in [0.3, 0.4) is 0 Å². The number of methoxy groups -OCH3 is 1. The van der Waals surface area contributed by atoms with Crippen LogP contribution in [-0.2, 0) is 9.59 Å². The SMILES string of the molecule is COc1ccc(Cl)cc1NC(=O)[C@H](C)N(C)CC(=O)Nc1ccccc1Br. The number of para-hydroxylation sites is 1. The van der Waals surface area contributed by atoms with Crippen LogP contribution in [0.15, 0.2) is 46.9 Å². The van der Waals surface area contributed by atoms with Crippen molar-refractivity contribution in [2.45, 2.75) is 13.0 Å². The van der Waals surface area contributed by atoms with Gasteiger partial charge in [0.2, 0.25) is 11.8 Å². The van der Waals surface area contributed by atoms with Crippen molar-refractivity contribution in [3.63, 3.8) is 0 Å². The fourth-order valence-electron chi connectivity index (χ4n) is 2.33. The largest absolute Gasteiger partial charge is 0.495 e. The number of hydrogen-bond acceptors (Lipinski definition) is 4. The molecule has 0 aliphatic rings. The third-order valence-corrected chi connectivity index (χ3v) is 4.93. The summed E-state index contributed by atoms with van der Waals surface area (Å²) < 4.78 is 6.02. The molecule has 0 saturated carbocycles. The van der Waals surface area contributed by atoms with E-state index in [2.05, 4.69) is 26.6 Å². The van der Waals surface area contributed by atoms with E-state index in [0.717, 1.165) is 4.47 Å². The lowest BCUT2D eigenvalue weighted by molar-refractivity contribution is -0.122. The fraction of sp³-hybridized carbons (Fsp3) is 0.263. The van der Waals surface area contributed by atoms with Gasteiger partial charge >= 0.3 is 0 Å². The van der Waals surface area contributed by atoms with Gasteiger partial charge in [0.05, 0.1) is 31.1 Å². The lowest BCUT2D eigenvalue weighted by Crippen LogP contribution is -2.43. The Labute approximate surface area is 172 Å². The quantitative estimate of drug-likeness (QED) is 0.663. The summed E-state index contributed by atoms with van der Waals surface area (Å²) in [7, 11) is 3.22. The zero-order valence-electron chi connectivity index (χ0n) is 15.3. The predicted molar refractivity (Wildman–Crippen MR) is 111 cm³/mol. The van der Waals surface area contributed by atoms with E-state index >= 15 is 0 Å². The summed E-state index contributed by atoms with van der Waals surface area (Å²) in [6.07, 6.45) is 0. The lowest BCUT2D eigenvalue weighted by Gasteiger charge is -2.24. The Hall–Kier alpha value is -2.09. The highest BCUT2D eigenvalue weighted by Gasteiger charge is 2.21. The zero-order chi connectivity index (χ0) is 20.0. The summed E-state index contributed by atoms with van der Waals surface area (Å²) >= 11 is 9.37. The van der Waals surface area contributed by atoms with Gasteiger partial charge in [-0.05, 0) is 60.2 Å². The number of anilines is 2. The highest BCUT2D eigenvalue weighted by atomic mass is 79.9. The molecule has 0 fully saturated rings. The molecule has 0 saturated heterocycles. The molecule has 0 heterocycles. The van der Waals surface area contributed by atoms with Gasteiger partial charge in [-0.15, -0.1) is 0 Å². The average molecular weight is 455 g/mol. The van der Waals surface area contributed by atoms with Gasteiger partial charge in [0.15, 0.2) is 0 Å². The molecule has 1 atom stereocenters. The molecule has 0 aromatic heterocycles. The molecule has 0 aliphatic heterocycles. The minimum atomic E-state index is -0.543. The number of halogens is 2. The van der Waals surface area contributed by atoms with Crippen LogP contribution in [0.4, 0.5) is 11.4 Å². The van der Waals surface area contributed by atoms with Crippen molar-refractivity contribution in [1.82, 2.24) is 4.90 Å². The number of nitrogens with zero attached hydrogens (tertiary/aromatic N) is 1. The molecule has 6 nitrogen and oxygen atoms in total. The summed E-state index contributed by atoms with van der Waals surface area (Å²) in [4.78, 5) is 26.5.